The Morgan fingerprint density at radius 2 is 2.35 bits per heavy atom. The van der Waals surface area contributed by atoms with E-state index in [9.17, 15) is 4.79 Å². The van der Waals surface area contributed by atoms with Crippen LogP contribution in [0.1, 0.15) is 30.2 Å². The van der Waals surface area contributed by atoms with E-state index >= 15 is 0 Å². The molecule has 110 valence electrons. The fraction of sp³-hybridized carbons (Fsp3) is 0.600. The molecule has 0 spiro atoms. The molecule has 1 aromatic rings. The number of rotatable bonds is 4. The molecule has 0 aliphatic carbocycles. The molecule has 1 aliphatic rings. The van der Waals surface area contributed by atoms with Gasteiger partial charge in [-0.2, -0.15) is 0 Å². The predicted octanol–water partition coefficient (Wildman–Crippen LogP) is 2.02. The first-order valence-electron chi connectivity index (χ1n) is 7.17. The van der Waals surface area contributed by atoms with Crippen molar-refractivity contribution in [1.29, 1.82) is 0 Å². The molecular formula is C15H23N3O2. The van der Waals surface area contributed by atoms with Crippen molar-refractivity contribution < 1.29 is 9.53 Å². The number of hydrogen-bond acceptors (Lipinski definition) is 4. The number of amides is 1. The lowest BCUT2D eigenvalue weighted by atomic mass is 10.1. The third-order valence-corrected chi connectivity index (χ3v) is 3.65. The van der Waals surface area contributed by atoms with Gasteiger partial charge in [-0.25, -0.2) is 4.79 Å². The van der Waals surface area contributed by atoms with Gasteiger partial charge in [0.2, 0.25) is 0 Å². The summed E-state index contributed by atoms with van der Waals surface area (Å²) in [5.41, 5.74) is 3.51. The Morgan fingerprint density at radius 3 is 3.05 bits per heavy atom. The van der Waals surface area contributed by atoms with Crippen molar-refractivity contribution in [2.24, 2.45) is 0 Å². The molecule has 1 amide bonds. The molecule has 1 fully saturated rings. The Bertz CT molecular complexity index is 476. The number of carbonyl (C=O) groups is 1. The average molecular weight is 277 g/mol. The number of carbonyl (C=O) groups excluding carboxylic acids is 1. The number of hydrogen-bond donors (Lipinski definition) is 1. The van der Waals surface area contributed by atoms with Gasteiger partial charge < -0.3 is 15.0 Å². The van der Waals surface area contributed by atoms with Gasteiger partial charge in [-0.15, -0.1) is 0 Å². The smallest absolute Gasteiger partial charge is 0.409 e. The minimum Gasteiger partial charge on any atom is -0.450 e. The second kappa shape index (κ2) is 6.70. The van der Waals surface area contributed by atoms with E-state index in [1.165, 1.54) is 11.1 Å². The van der Waals surface area contributed by atoms with Gasteiger partial charge in [-0.05, 0) is 44.4 Å². The summed E-state index contributed by atoms with van der Waals surface area (Å²) in [6, 6.07) is 2.43. The summed E-state index contributed by atoms with van der Waals surface area (Å²) in [6.07, 6.45) is 2.69. The third kappa shape index (κ3) is 3.70. The lowest BCUT2D eigenvalue weighted by molar-refractivity contribution is 0.115. The van der Waals surface area contributed by atoms with Crippen molar-refractivity contribution in [3.63, 3.8) is 0 Å². The van der Waals surface area contributed by atoms with E-state index in [1.807, 2.05) is 20.0 Å². The third-order valence-electron chi connectivity index (χ3n) is 3.65. The molecule has 0 aromatic carbocycles. The molecule has 1 N–H and O–H groups in total. The first kappa shape index (κ1) is 14.8. The van der Waals surface area contributed by atoms with E-state index < -0.39 is 0 Å². The maximum atomic E-state index is 11.6. The molecule has 2 heterocycles. The van der Waals surface area contributed by atoms with E-state index in [0.29, 0.717) is 12.6 Å². The van der Waals surface area contributed by atoms with Crippen LogP contribution in [0, 0.1) is 13.8 Å². The molecule has 0 unspecified atom stereocenters. The zero-order chi connectivity index (χ0) is 14.5. The van der Waals surface area contributed by atoms with Crippen LogP contribution in [0.5, 0.6) is 0 Å². The average Bonchev–Trinajstić information content (AvgIpc) is 2.87. The fourth-order valence-electron chi connectivity index (χ4n) is 2.47. The molecule has 0 radical (unpaired) electrons. The second-order valence-corrected chi connectivity index (χ2v) is 5.26. The number of pyridine rings is 1. The second-order valence-electron chi connectivity index (χ2n) is 5.26. The summed E-state index contributed by atoms with van der Waals surface area (Å²) in [5, 5.41) is 3.50. The summed E-state index contributed by atoms with van der Waals surface area (Å²) < 4.78 is 5.02. The molecule has 20 heavy (non-hydrogen) atoms. The highest BCUT2D eigenvalue weighted by molar-refractivity contribution is 5.68. The van der Waals surface area contributed by atoms with E-state index in [0.717, 1.165) is 31.7 Å². The first-order chi connectivity index (χ1) is 9.60. The van der Waals surface area contributed by atoms with Crippen LogP contribution in [-0.2, 0) is 11.3 Å². The number of likely N-dealkylation sites (tertiary alicyclic amines) is 1. The van der Waals surface area contributed by atoms with Gasteiger partial charge in [0.15, 0.2) is 0 Å². The highest BCUT2D eigenvalue weighted by Crippen LogP contribution is 2.13. The van der Waals surface area contributed by atoms with Gasteiger partial charge in [-0.1, -0.05) is 0 Å². The molecule has 1 aliphatic heterocycles. The summed E-state index contributed by atoms with van der Waals surface area (Å²) >= 11 is 0. The lowest BCUT2D eigenvalue weighted by Gasteiger charge is -2.16. The molecule has 5 heteroatoms. The Morgan fingerprint density at radius 1 is 1.55 bits per heavy atom. The van der Waals surface area contributed by atoms with Crippen LogP contribution in [0.2, 0.25) is 0 Å². The van der Waals surface area contributed by atoms with Crippen molar-refractivity contribution in [3.05, 3.63) is 29.1 Å². The monoisotopic (exact) mass is 277 g/mol. The normalized spacial score (nSPS) is 18.4. The highest BCUT2D eigenvalue weighted by Gasteiger charge is 2.26. The van der Waals surface area contributed by atoms with Crippen molar-refractivity contribution in [2.45, 2.75) is 39.8 Å². The van der Waals surface area contributed by atoms with Crippen LogP contribution in [0.25, 0.3) is 0 Å². The zero-order valence-corrected chi connectivity index (χ0v) is 12.5. The largest absolute Gasteiger partial charge is 0.450 e. The molecule has 1 atom stereocenters. The molecule has 1 saturated heterocycles. The Kier molecular flexibility index (Phi) is 4.95. The van der Waals surface area contributed by atoms with Gasteiger partial charge in [-0.3, -0.25) is 4.98 Å². The van der Waals surface area contributed by atoms with Gasteiger partial charge in [0.1, 0.15) is 0 Å². The molecule has 2 rings (SSSR count). The molecule has 5 nitrogen and oxygen atoms in total. The number of nitrogens with zero attached hydrogens (tertiary/aromatic N) is 2. The molecule has 0 saturated carbocycles. The van der Waals surface area contributed by atoms with Gasteiger partial charge >= 0.3 is 6.09 Å². The Hall–Kier alpha value is -1.62. The standard InChI is InChI=1S/C15H23N3O2/c1-4-20-15(19)18-6-5-14(10-18)17-9-13-8-16-12(3)7-11(13)2/h7-8,14,17H,4-6,9-10H2,1-3H3/t14-/m1/s1. The summed E-state index contributed by atoms with van der Waals surface area (Å²) in [5.74, 6) is 0. The number of nitrogens with one attached hydrogen (secondary N) is 1. The highest BCUT2D eigenvalue weighted by atomic mass is 16.6. The van der Waals surface area contributed by atoms with Gasteiger partial charge in [0.25, 0.3) is 0 Å². The molecule has 0 bridgehead atoms. The number of aryl methyl sites for hydroxylation is 2. The van der Waals surface area contributed by atoms with Crippen molar-refractivity contribution in [3.8, 4) is 0 Å². The lowest BCUT2D eigenvalue weighted by Crippen LogP contribution is -2.35. The van der Waals surface area contributed by atoms with Crippen LogP contribution in [0.4, 0.5) is 4.79 Å². The minimum atomic E-state index is -0.204. The summed E-state index contributed by atoms with van der Waals surface area (Å²) in [6.45, 7) is 8.64. The van der Waals surface area contributed by atoms with Gasteiger partial charge in [0.05, 0.1) is 6.61 Å². The number of aromatic nitrogens is 1. The van der Waals surface area contributed by atoms with Gasteiger partial charge in [0, 0.05) is 37.6 Å². The van der Waals surface area contributed by atoms with E-state index in [1.54, 1.807) is 4.90 Å². The van der Waals surface area contributed by atoms with Crippen LogP contribution in [-0.4, -0.2) is 41.7 Å². The fourth-order valence-corrected chi connectivity index (χ4v) is 2.47. The number of ether oxygens (including phenoxy) is 1. The maximum Gasteiger partial charge on any atom is 0.409 e. The Labute approximate surface area is 120 Å². The van der Waals surface area contributed by atoms with Crippen molar-refractivity contribution in [1.82, 2.24) is 15.2 Å². The SMILES string of the molecule is CCOC(=O)N1CC[C@@H](NCc2cnc(C)cc2C)C1. The predicted molar refractivity (Wildman–Crippen MR) is 77.6 cm³/mol. The van der Waals surface area contributed by atoms with Crippen LogP contribution in [0.3, 0.4) is 0 Å². The van der Waals surface area contributed by atoms with Crippen molar-refractivity contribution >= 4 is 6.09 Å². The molecular weight excluding hydrogens is 254 g/mol. The zero-order valence-electron chi connectivity index (χ0n) is 12.5. The van der Waals surface area contributed by atoms with E-state index in [4.69, 9.17) is 4.74 Å². The topological polar surface area (TPSA) is 54.5 Å². The quantitative estimate of drug-likeness (QED) is 0.915. The van der Waals surface area contributed by atoms with Crippen molar-refractivity contribution in [2.75, 3.05) is 19.7 Å². The minimum absolute atomic E-state index is 0.204. The van der Waals surface area contributed by atoms with Crippen LogP contribution < -0.4 is 5.32 Å². The molecule has 1 aromatic heterocycles. The summed E-state index contributed by atoms with van der Waals surface area (Å²) in [7, 11) is 0. The Balaban J connectivity index is 1.82. The summed E-state index contributed by atoms with van der Waals surface area (Å²) in [4.78, 5) is 17.7. The first-order valence-corrected chi connectivity index (χ1v) is 7.17. The van der Waals surface area contributed by atoms with E-state index in [-0.39, 0.29) is 6.09 Å². The van der Waals surface area contributed by atoms with E-state index in [2.05, 4.69) is 23.3 Å². The van der Waals surface area contributed by atoms with Crippen LogP contribution in [0.15, 0.2) is 12.3 Å². The van der Waals surface area contributed by atoms with Crippen LogP contribution >= 0.6 is 0 Å². The maximum absolute atomic E-state index is 11.6.